The van der Waals surface area contributed by atoms with Crippen LogP contribution in [0.1, 0.15) is 43.4 Å². The molecule has 2 rings (SSSR count). The first-order chi connectivity index (χ1) is 8.74. The summed E-state index contributed by atoms with van der Waals surface area (Å²) >= 11 is 5.41. The van der Waals surface area contributed by atoms with Crippen molar-refractivity contribution in [2.24, 2.45) is 0 Å². The maximum absolute atomic E-state index is 11.8. The number of carbonyl (C=O) groups excluding carboxylic acids is 1. The number of alkyl halides is 1. The van der Waals surface area contributed by atoms with Gasteiger partial charge in [0, 0.05) is 22.2 Å². The summed E-state index contributed by atoms with van der Waals surface area (Å²) in [6.45, 7) is 0. The van der Waals surface area contributed by atoms with Crippen LogP contribution < -0.4 is 5.32 Å². The minimum Gasteiger partial charge on any atom is -0.353 e. The number of nitrogens with one attached hydrogen (secondary N) is 1. The Bertz CT molecular complexity index is 358. The molecule has 18 heavy (non-hydrogen) atoms. The van der Waals surface area contributed by atoms with Gasteiger partial charge in [-0.2, -0.15) is 0 Å². The van der Waals surface area contributed by atoms with E-state index in [1.54, 1.807) is 11.3 Å². The fraction of sp³-hybridized carbons (Fsp3) is 0.643. The van der Waals surface area contributed by atoms with Crippen LogP contribution in [-0.4, -0.2) is 16.8 Å². The first-order valence-corrected chi connectivity index (χ1v) is 8.49. The number of amides is 1. The Hall–Kier alpha value is -0.350. The smallest absolute Gasteiger partial charge is 0.220 e. The molecule has 1 aliphatic rings. The summed E-state index contributed by atoms with van der Waals surface area (Å²) < 4.78 is 0. The Labute approximate surface area is 121 Å². The van der Waals surface area contributed by atoms with Crippen LogP contribution in [0, 0.1) is 0 Å². The second kappa shape index (κ2) is 7.29. The molecule has 1 fully saturated rings. The minimum absolute atomic E-state index is 0.226. The molecule has 0 aromatic carbocycles. The van der Waals surface area contributed by atoms with Gasteiger partial charge in [-0.1, -0.05) is 22.0 Å². The molecule has 0 unspecified atom stereocenters. The molecule has 0 bridgehead atoms. The third-order valence-electron chi connectivity index (χ3n) is 3.43. The van der Waals surface area contributed by atoms with Gasteiger partial charge < -0.3 is 5.32 Å². The van der Waals surface area contributed by atoms with Crippen molar-refractivity contribution in [3.63, 3.8) is 0 Å². The average molecular weight is 330 g/mol. The van der Waals surface area contributed by atoms with Gasteiger partial charge in [0.05, 0.1) is 0 Å². The number of halogens is 1. The van der Waals surface area contributed by atoms with Gasteiger partial charge in [-0.15, -0.1) is 11.3 Å². The van der Waals surface area contributed by atoms with E-state index in [2.05, 4.69) is 38.8 Å². The summed E-state index contributed by atoms with van der Waals surface area (Å²) in [4.78, 5) is 13.8. The second-order valence-electron chi connectivity index (χ2n) is 4.95. The zero-order valence-electron chi connectivity index (χ0n) is 10.5. The van der Waals surface area contributed by atoms with Crippen LogP contribution in [0.25, 0.3) is 0 Å². The summed E-state index contributed by atoms with van der Waals surface area (Å²) in [6, 6.07) is 4.62. The van der Waals surface area contributed by atoms with Gasteiger partial charge >= 0.3 is 0 Å². The van der Waals surface area contributed by atoms with E-state index in [0.29, 0.717) is 17.3 Å². The van der Waals surface area contributed by atoms with Crippen molar-refractivity contribution in [1.82, 2.24) is 5.32 Å². The van der Waals surface area contributed by atoms with Gasteiger partial charge in [-0.05, 0) is 50.0 Å². The van der Waals surface area contributed by atoms with Gasteiger partial charge in [0.25, 0.3) is 0 Å². The zero-order chi connectivity index (χ0) is 12.8. The lowest BCUT2D eigenvalue weighted by Gasteiger charge is -2.26. The topological polar surface area (TPSA) is 29.1 Å². The molecule has 100 valence electrons. The number of carbonyl (C=O) groups is 1. The monoisotopic (exact) mass is 329 g/mol. The maximum atomic E-state index is 11.8. The predicted molar refractivity (Wildman–Crippen MR) is 80.4 cm³/mol. The molecule has 0 radical (unpaired) electrons. The highest BCUT2D eigenvalue weighted by molar-refractivity contribution is 9.09. The van der Waals surface area contributed by atoms with Crippen LogP contribution in [0.4, 0.5) is 0 Å². The van der Waals surface area contributed by atoms with E-state index < -0.39 is 0 Å². The van der Waals surface area contributed by atoms with Gasteiger partial charge in [0.15, 0.2) is 0 Å². The molecule has 0 saturated heterocycles. The molecule has 4 heteroatoms. The molecule has 1 aromatic heterocycles. The highest BCUT2D eigenvalue weighted by atomic mass is 79.9. The molecule has 0 atom stereocenters. The highest BCUT2D eigenvalue weighted by Gasteiger charge is 2.20. The summed E-state index contributed by atoms with van der Waals surface area (Å²) in [5, 5.41) is 5.25. The van der Waals surface area contributed by atoms with Crippen molar-refractivity contribution in [3.05, 3.63) is 22.4 Å². The maximum Gasteiger partial charge on any atom is 0.220 e. The molecule has 1 saturated carbocycles. The van der Waals surface area contributed by atoms with Crippen LogP contribution in [-0.2, 0) is 11.2 Å². The number of hydrogen-bond donors (Lipinski definition) is 1. The number of aryl methyl sites for hydroxylation is 1. The molecule has 0 spiro atoms. The van der Waals surface area contributed by atoms with E-state index in [1.165, 1.54) is 17.7 Å². The van der Waals surface area contributed by atoms with E-state index >= 15 is 0 Å². The van der Waals surface area contributed by atoms with Crippen molar-refractivity contribution < 1.29 is 4.79 Å². The average Bonchev–Trinajstić information content (AvgIpc) is 2.85. The van der Waals surface area contributed by atoms with Crippen molar-refractivity contribution in [2.75, 3.05) is 0 Å². The lowest BCUT2D eigenvalue weighted by molar-refractivity contribution is -0.122. The third kappa shape index (κ3) is 4.73. The minimum atomic E-state index is 0.226. The van der Waals surface area contributed by atoms with Crippen LogP contribution in [0.5, 0.6) is 0 Å². The van der Waals surface area contributed by atoms with Gasteiger partial charge in [-0.3, -0.25) is 4.79 Å². The number of rotatable bonds is 5. The Balaban J connectivity index is 1.60. The molecular weight excluding hydrogens is 310 g/mol. The van der Waals surface area contributed by atoms with Crippen molar-refractivity contribution in [1.29, 1.82) is 0 Å². The Kier molecular flexibility index (Phi) is 5.70. The molecule has 1 N–H and O–H groups in total. The van der Waals surface area contributed by atoms with E-state index in [-0.39, 0.29) is 5.91 Å². The SMILES string of the molecule is O=C(CCCc1cccs1)NC1CCC(Br)CC1. The summed E-state index contributed by atoms with van der Waals surface area (Å²) in [5.74, 6) is 0.226. The van der Waals surface area contributed by atoms with Gasteiger partial charge in [-0.25, -0.2) is 0 Å². The highest BCUT2D eigenvalue weighted by Crippen LogP contribution is 2.24. The van der Waals surface area contributed by atoms with E-state index in [1.807, 2.05) is 0 Å². The molecule has 0 aliphatic heterocycles. The Morgan fingerprint density at radius 2 is 2.17 bits per heavy atom. The number of thiophene rings is 1. The Morgan fingerprint density at radius 3 is 2.83 bits per heavy atom. The molecule has 1 amide bonds. The lowest BCUT2D eigenvalue weighted by atomic mass is 9.95. The normalized spacial score (nSPS) is 23.8. The zero-order valence-corrected chi connectivity index (χ0v) is 12.9. The van der Waals surface area contributed by atoms with Crippen LogP contribution in [0.15, 0.2) is 17.5 Å². The van der Waals surface area contributed by atoms with Crippen molar-refractivity contribution in [2.45, 2.75) is 55.8 Å². The third-order valence-corrected chi connectivity index (χ3v) is 5.28. The number of hydrogen-bond acceptors (Lipinski definition) is 2. The van der Waals surface area contributed by atoms with Crippen LogP contribution in [0.3, 0.4) is 0 Å². The van der Waals surface area contributed by atoms with Gasteiger partial charge in [0.1, 0.15) is 0 Å². The summed E-state index contributed by atoms with van der Waals surface area (Å²) in [7, 11) is 0. The van der Waals surface area contributed by atoms with E-state index in [4.69, 9.17) is 0 Å². The second-order valence-corrected chi connectivity index (χ2v) is 7.28. The quantitative estimate of drug-likeness (QED) is 0.815. The molecule has 2 nitrogen and oxygen atoms in total. The molecule has 1 aliphatic carbocycles. The largest absolute Gasteiger partial charge is 0.353 e. The van der Waals surface area contributed by atoms with E-state index in [9.17, 15) is 4.79 Å². The molecule has 1 heterocycles. The first kappa shape index (κ1) is 14.1. The molecular formula is C14H20BrNOS. The first-order valence-electron chi connectivity index (χ1n) is 6.70. The van der Waals surface area contributed by atoms with Crippen LogP contribution in [0.2, 0.25) is 0 Å². The lowest BCUT2D eigenvalue weighted by Crippen LogP contribution is -2.37. The van der Waals surface area contributed by atoms with E-state index in [0.717, 1.165) is 25.7 Å². The Morgan fingerprint density at radius 1 is 1.39 bits per heavy atom. The standard InChI is InChI=1S/C14H20BrNOS/c15-11-6-8-12(9-7-11)16-14(17)5-1-3-13-4-2-10-18-13/h2,4,10-12H,1,3,5-9H2,(H,16,17). The fourth-order valence-electron chi connectivity index (χ4n) is 2.37. The fourth-order valence-corrected chi connectivity index (χ4v) is 3.65. The predicted octanol–water partition coefficient (Wildman–Crippen LogP) is 3.89. The molecule has 1 aromatic rings. The van der Waals surface area contributed by atoms with Crippen LogP contribution >= 0.6 is 27.3 Å². The van der Waals surface area contributed by atoms with Gasteiger partial charge in [0.2, 0.25) is 5.91 Å². The summed E-state index contributed by atoms with van der Waals surface area (Å²) in [5.41, 5.74) is 0. The van der Waals surface area contributed by atoms with Crippen molar-refractivity contribution in [3.8, 4) is 0 Å². The van der Waals surface area contributed by atoms with Crippen molar-refractivity contribution >= 4 is 33.2 Å². The summed E-state index contributed by atoms with van der Waals surface area (Å²) in [6.07, 6.45) is 7.24.